The summed E-state index contributed by atoms with van der Waals surface area (Å²) in [4.78, 5) is 3.44. The maximum absolute atomic E-state index is 14.0. The lowest BCUT2D eigenvalue weighted by Crippen LogP contribution is -2.44. The van der Waals surface area contributed by atoms with E-state index in [2.05, 4.69) is 21.0 Å². The molecule has 2 heterocycles. The van der Waals surface area contributed by atoms with E-state index < -0.39 is 41.8 Å². The second kappa shape index (κ2) is 14.8. The van der Waals surface area contributed by atoms with E-state index in [1.165, 1.54) is 23.1 Å². The molecule has 0 aromatic heterocycles. The zero-order valence-corrected chi connectivity index (χ0v) is 27.6. The molecule has 3 aromatic carbocycles. The van der Waals surface area contributed by atoms with Gasteiger partial charge in [0.15, 0.2) is 0 Å². The third-order valence-corrected chi connectivity index (χ3v) is 8.75. The Morgan fingerprint density at radius 3 is 2.16 bits per heavy atom. The molecule has 50 heavy (non-hydrogen) atoms. The van der Waals surface area contributed by atoms with Crippen molar-refractivity contribution >= 4 is 17.6 Å². The summed E-state index contributed by atoms with van der Waals surface area (Å²) in [6.07, 6.45) is -13.6. The van der Waals surface area contributed by atoms with Crippen molar-refractivity contribution in [3.05, 3.63) is 99.1 Å². The van der Waals surface area contributed by atoms with Crippen molar-refractivity contribution in [1.82, 2.24) is 25.9 Å². The Bertz CT molecular complexity index is 1650. The Labute approximate surface area is 287 Å². The van der Waals surface area contributed by atoms with Crippen LogP contribution in [0.3, 0.4) is 0 Å². The van der Waals surface area contributed by atoms with Gasteiger partial charge in [0.05, 0.1) is 23.3 Å². The highest BCUT2D eigenvalue weighted by molar-refractivity contribution is 6.30. The number of halogens is 10. The number of alkyl halides is 9. The highest BCUT2D eigenvalue weighted by Gasteiger charge is 2.38. The zero-order chi connectivity index (χ0) is 36.4. The number of hydrogen-bond donors (Lipinski definition) is 2. The highest BCUT2D eigenvalue weighted by atomic mass is 35.5. The van der Waals surface area contributed by atoms with E-state index in [-0.39, 0.29) is 41.7 Å². The van der Waals surface area contributed by atoms with Gasteiger partial charge in [-0.05, 0) is 84.6 Å². The van der Waals surface area contributed by atoms with Crippen LogP contribution < -0.4 is 15.7 Å². The number of ether oxygens (including phenoxy) is 1. The zero-order valence-electron chi connectivity index (χ0n) is 26.9. The normalized spacial score (nSPS) is 17.9. The fourth-order valence-electron chi connectivity index (χ4n) is 6.18. The van der Waals surface area contributed by atoms with Gasteiger partial charge in [-0.1, -0.05) is 30.7 Å². The summed E-state index contributed by atoms with van der Waals surface area (Å²) >= 11 is 6.06. The van der Waals surface area contributed by atoms with Crippen molar-refractivity contribution in [3.8, 4) is 5.75 Å². The van der Waals surface area contributed by atoms with Gasteiger partial charge in [0.25, 0.3) is 0 Å². The lowest BCUT2D eigenvalue weighted by atomic mass is 9.94. The van der Waals surface area contributed by atoms with Crippen LogP contribution in [0.25, 0.3) is 0 Å². The maximum Gasteiger partial charge on any atom is 0.416 e. The summed E-state index contributed by atoms with van der Waals surface area (Å²) in [7, 11) is 1.48. The lowest BCUT2D eigenvalue weighted by Gasteiger charge is -2.32. The second-order valence-corrected chi connectivity index (χ2v) is 12.6. The molecule has 2 N–H and O–H groups in total. The van der Waals surface area contributed by atoms with Crippen molar-refractivity contribution in [2.45, 2.75) is 57.4 Å². The van der Waals surface area contributed by atoms with E-state index in [4.69, 9.17) is 16.3 Å². The highest BCUT2D eigenvalue weighted by Crippen LogP contribution is 2.39. The van der Waals surface area contributed by atoms with Gasteiger partial charge in [-0.2, -0.15) is 39.5 Å². The number of likely N-dealkylation sites (tertiary alicyclic amines) is 1. The van der Waals surface area contributed by atoms with Gasteiger partial charge in [-0.3, -0.25) is 10.3 Å². The molecule has 7 nitrogen and oxygen atoms in total. The van der Waals surface area contributed by atoms with Gasteiger partial charge in [-0.25, -0.2) is 5.12 Å². The number of hydrazine groups is 2. The number of hydrogen-bond acceptors (Lipinski definition) is 7. The first-order chi connectivity index (χ1) is 23.4. The standard InChI is InChI=1S/C33H34ClF9N6O/c1-3-29(48-10-9-20(16-48)19-50-27-6-4-5-26(34)15-27)28-8-7-23(31(35,36)37)13-22(28)18-49(30-44-46-47(2)45-30)17-21-11-24(32(38,39)40)14-25(12-21)33(41,42)43/h4-8,11-15,20,29,46H,3,9-10,16-19H2,1-2H3,(H,44,45). The summed E-state index contributed by atoms with van der Waals surface area (Å²) in [6.45, 7) is 2.61. The van der Waals surface area contributed by atoms with Crippen LogP contribution in [0, 0.1) is 5.92 Å². The molecule has 5 rings (SSSR count). The number of benzene rings is 3. The van der Waals surface area contributed by atoms with Crippen LogP contribution in [0.4, 0.5) is 39.5 Å². The van der Waals surface area contributed by atoms with E-state index in [1.54, 1.807) is 24.3 Å². The fourth-order valence-corrected chi connectivity index (χ4v) is 6.36. The smallest absolute Gasteiger partial charge is 0.416 e. The van der Waals surface area contributed by atoms with Crippen molar-refractivity contribution in [1.29, 1.82) is 0 Å². The second-order valence-electron chi connectivity index (χ2n) is 12.2. The van der Waals surface area contributed by atoms with Crippen LogP contribution in [0.5, 0.6) is 5.75 Å². The van der Waals surface area contributed by atoms with E-state index in [1.807, 2.05) is 6.92 Å². The fraction of sp³-hybridized carbons (Fsp3) is 0.424. The number of guanidine groups is 1. The molecule has 2 aliphatic rings. The van der Waals surface area contributed by atoms with Gasteiger partial charge >= 0.3 is 18.5 Å². The van der Waals surface area contributed by atoms with E-state index in [0.717, 1.165) is 18.6 Å². The summed E-state index contributed by atoms with van der Waals surface area (Å²) in [5.41, 5.74) is 1.71. The van der Waals surface area contributed by atoms with E-state index >= 15 is 0 Å². The molecule has 0 saturated carbocycles. The minimum Gasteiger partial charge on any atom is -0.493 e. The predicted molar refractivity (Wildman–Crippen MR) is 168 cm³/mol. The summed E-state index contributed by atoms with van der Waals surface area (Å²) in [5, 5.41) is 5.91. The molecule has 0 radical (unpaired) electrons. The summed E-state index contributed by atoms with van der Waals surface area (Å²) in [6, 6.07) is 11.2. The van der Waals surface area contributed by atoms with Crippen molar-refractivity contribution in [2.75, 3.05) is 26.7 Å². The minimum absolute atomic E-state index is 0.0192. The molecule has 2 atom stereocenters. The molecule has 3 aromatic rings. The van der Waals surface area contributed by atoms with Gasteiger partial charge in [-0.15, -0.1) is 10.6 Å². The van der Waals surface area contributed by atoms with Crippen molar-refractivity contribution < 1.29 is 44.3 Å². The van der Waals surface area contributed by atoms with Crippen LogP contribution in [0.1, 0.15) is 59.2 Å². The predicted octanol–water partition coefficient (Wildman–Crippen LogP) is 8.48. The molecule has 1 saturated heterocycles. The topological polar surface area (TPSA) is 55.4 Å². The molecular weight excluding hydrogens is 703 g/mol. The largest absolute Gasteiger partial charge is 0.493 e. The van der Waals surface area contributed by atoms with Crippen LogP contribution in [0.2, 0.25) is 5.02 Å². The molecule has 0 amide bonds. The van der Waals surface area contributed by atoms with Crippen LogP contribution in [0.15, 0.2) is 65.8 Å². The van der Waals surface area contributed by atoms with Crippen molar-refractivity contribution in [2.24, 2.45) is 11.0 Å². The Balaban J connectivity index is 1.47. The van der Waals surface area contributed by atoms with Gasteiger partial charge in [0, 0.05) is 43.7 Å². The minimum atomic E-state index is -5.08. The quantitative estimate of drug-likeness (QED) is 0.204. The van der Waals surface area contributed by atoms with Crippen LogP contribution in [-0.2, 0) is 31.6 Å². The van der Waals surface area contributed by atoms with Gasteiger partial charge in [0.1, 0.15) is 5.75 Å². The monoisotopic (exact) mass is 736 g/mol. The van der Waals surface area contributed by atoms with E-state index in [9.17, 15) is 39.5 Å². The Kier molecular flexibility index (Phi) is 11.0. The number of rotatable bonds is 10. The molecule has 1 fully saturated rings. The third-order valence-electron chi connectivity index (χ3n) is 8.51. The first-order valence-electron chi connectivity index (χ1n) is 15.6. The Morgan fingerprint density at radius 1 is 0.900 bits per heavy atom. The maximum atomic E-state index is 14.0. The third kappa shape index (κ3) is 9.26. The molecule has 17 heteroatoms. The summed E-state index contributed by atoms with van der Waals surface area (Å²) < 4.78 is 130. The Morgan fingerprint density at radius 2 is 1.58 bits per heavy atom. The molecule has 2 unspecified atom stereocenters. The number of nitrogens with zero attached hydrogens (tertiary/aromatic N) is 4. The van der Waals surface area contributed by atoms with Crippen LogP contribution >= 0.6 is 11.6 Å². The molecule has 2 aliphatic heterocycles. The Hall–Kier alpha value is -3.89. The first kappa shape index (κ1) is 37.4. The summed E-state index contributed by atoms with van der Waals surface area (Å²) in [5.74, 6) is 0.703. The van der Waals surface area contributed by atoms with Gasteiger partial charge in [0.2, 0.25) is 5.96 Å². The van der Waals surface area contributed by atoms with E-state index in [0.29, 0.717) is 54.6 Å². The average molecular weight is 737 g/mol. The molecule has 272 valence electrons. The lowest BCUT2D eigenvalue weighted by molar-refractivity contribution is -0.143. The molecule has 0 aliphatic carbocycles. The first-order valence-corrected chi connectivity index (χ1v) is 16.0. The number of nitrogens with one attached hydrogen (secondary N) is 2. The van der Waals surface area contributed by atoms with Crippen LogP contribution in [-0.4, -0.2) is 47.6 Å². The number of hydrazone groups is 1. The molecular formula is C33H34ClF9N6O. The van der Waals surface area contributed by atoms with Crippen molar-refractivity contribution in [3.63, 3.8) is 0 Å². The molecule has 0 bridgehead atoms. The average Bonchev–Trinajstić information content (AvgIpc) is 3.68. The van der Waals surface area contributed by atoms with Gasteiger partial charge < -0.3 is 9.64 Å². The SMILES string of the molecule is CCC(c1ccc(C(F)(F)F)cc1CN(Cc1cc(C(F)(F)F)cc(C(F)(F)F)c1)C1=NN(C)NN1)N1CCC(COc2cccc(Cl)c2)C1. The molecule has 0 spiro atoms.